The number of anilines is 1. The molecule has 6 nitrogen and oxygen atoms in total. The highest BCUT2D eigenvalue weighted by molar-refractivity contribution is 7.13. The Labute approximate surface area is 154 Å². The molecule has 0 amide bonds. The maximum atomic E-state index is 8.72. The van der Waals surface area contributed by atoms with Gasteiger partial charge in [0.05, 0.1) is 18.5 Å². The second kappa shape index (κ2) is 7.93. The topological polar surface area (TPSA) is 94.1 Å². The Bertz CT molecular complexity index is 1030. The van der Waals surface area contributed by atoms with Crippen LogP contribution < -0.4 is 10.2 Å². The van der Waals surface area contributed by atoms with Crippen LogP contribution in [-0.4, -0.2) is 17.8 Å². The van der Waals surface area contributed by atoms with Crippen LogP contribution in [0.4, 0.5) is 5.69 Å². The third-order valence-corrected chi connectivity index (χ3v) is 4.38. The van der Waals surface area contributed by atoms with Crippen LogP contribution in [0.3, 0.4) is 0 Å². The number of nitrogens with one attached hydrogen (secondary N) is 1. The van der Waals surface area contributed by atoms with Crippen molar-refractivity contribution in [3.8, 4) is 39.7 Å². The largest absolute Gasteiger partial charge is 0.497 e. The van der Waals surface area contributed by atoms with Gasteiger partial charge in [-0.05, 0) is 24.3 Å². The minimum Gasteiger partial charge on any atom is -0.497 e. The molecule has 1 N–H and O–H groups in total. The lowest BCUT2D eigenvalue weighted by molar-refractivity contribution is 0.415. The van der Waals surface area contributed by atoms with E-state index in [0.717, 1.165) is 27.6 Å². The summed E-state index contributed by atoms with van der Waals surface area (Å²) in [5.41, 5.74) is 5.93. The minimum absolute atomic E-state index is 0.232. The average Bonchev–Trinajstić information content (AvgIpc) is 3.19. The molecule has 0 saturated heterocycles. The van der Waals surface area contributed by atoms with Crippen molar-refractivity contribution in [2.75, 3.05) is 12.5 Å². The van der Waals surface area contributed by atoms with Gasteiger partial charge in [0.25, 0.3) is 0 Å². The van der Waals surface area contributed by atoms with Gasteiger partial charge in [-0.3, -0.25) is 5.43 Å². The van der Waals surface area contributed by atoms with Gasteiger partial charge < -0.3 is 4.74 Å². The predicted molar refractivity (Wildman–Crippen MR) is 102 cm³/mol. The van der Waals surface area contributed by atoms with Gasteiger partial charge in [0.2, 0.25) is 5.71 Å². The highest BCUT2D eigenvalue weighted by Gasteiger charge is 2.08. The lowest BCUT2D eigenvalue weighted by atomic mass is 10.1. The number of methoxy groups -OCH3 is 1. The van der Waals surface area contributed by atoms with E-state index in [1.807, 2.05) is 47.8 Å². The van der Waals surface area contributed by atoms with Crippen LogP contribution in [0.2, 0.25) is 0 Å². The number of nitriles is 2. The summed E-state index contributed by atoms with van der Waals surface area (Å²) < 4.78 is 5.26. The lowest BCUT2D eigenvalue weighted by Crippen LogP contribution is -1.96. The second-order valence-electron chi connectivity index (χ2n) is 5.15. The number of thiazole rings is 1. The molecule has 0 fully saturated rings. The lowest BCUT2D eigenvalue weighted by Gasteiger charge is -2.03. The maximum absolute atomic E-state index is 8.72. The Kier molecular flexibility index (Phi) is 5.23. The van der Waals surface area contributed by atoms with Crippen molar-refractivity contribution in [1.82, 2.24) is 4.98 Å². The van der Waals surface area contributed by atoms with Crippen molar-refractivity contribution in [1.29, 1.82) is 10.5 Å². The summed E-state index contributed by atoms with van der Waals surface area (Å²) in [6.07, 6.45) is 0. The molecule has 1 aromatic heterocycles. The van der Waals surface area contributed by atoms with Crippen LogP contribution in [-0.2, 0) is 0 Å². The molecule has 0 aliphatic carbocycles. The maximum Gasteiger partial charge on any atom is 0.237 e. The highest BCUT2D eigenvalue weighted by atomic mass is 32.1. The molecule has 0 spiro atoms. The van der Waals surface area contributed by atoms with E-state index in [2.05, 4.69) is 15.5 Å². The summed E-state index contributed by atoms with van der Waals surface area (Å²) in [6.45, 7) is 0. The summed E-state index contributed by atoms with van der Waals surface area (Å²) in [6, 6.07) is 18.6. The first kappa shape index (κ1) is 17.2. The molecule has 0 saturated carbocycles. The molecule has 26 heavy (non-hydrogen) atoms. The fourth-order valence-corrected chi connectivity index (χ4v) is 3.06. The normalized spacial score (nSPS) is 9.65. The zero-order valence-electron chi connectivity index (χ0n) is 13.8. The zero-order valence-corrected chi connectivity index (χ0v) is 14.6. The van der Waals surface area contributed by atoms with Crippen LogP contribution in [0, 0.1) is 22.7 Å². The number of hydrazone groups is 1. The van der Waals surface area contributed by atoms with Crippen molar-refractivity contribution in [2.45, 2.75) is 0 Å². The number of hydrogen-bond donors (Lipinski definition) is 1. The van der Waals surface area contributed by atoms with E-state index in [0.29, 0.717) is 5.69 Å². The van der Waals surface area contributed by atoms with Crippen molar-refractivity contribution >= 4 is 22.7 Å². The first-order chi connectivity index (χ1) is 12.7. The Morgan fingerprint density at radius 3 is 2.65 bits per heavy atom. The van der Waals surface area contributed by atoms with Crippen molar-refractivity contribution < 1.29 is 4.74 Å². The van der Waals surface area contributed by atoms with E-state index in [4.69, 9.17) is 15.3 Å². The van der Waals surface area contributed by atoms with Gasteiger partial charge in [-0.2, -0.15) is 15.6 Å². The number of ether oxygens (including phenoxy) is 1. The van der Waals surface area contributed by atoms with E-state index >= 15 is 0 Å². The summed E-state index contributed by atoms with van der Waals surface area (Å²) >= 11 is 1.53. The summed E-state index contributed by atoms with van der Waals surface area (Å²) in [5, 5.41) is 24.0. The fraction of sp³-hybridized carbons (Fsp3) is 0.0526. The SMILES string of the molecule is COc1cccc(-c2csc(-c3cccc(NN=C(C#N)C#N)c3)n2)c1. The first-order valence-corrected chi connectivity index (χ1v) is 8.45. The Morgan fingerprint density at radius 2 is 1.88 bits per heavy atom. The quantitative estimate of drug-likeness (QED) is 0.541. The molecule has 3 aromatic rings. The van der Waals surface area contributed by atoms with Gasteiger partial charge in [0.1, 0.15) is 22.9 Å². The molecule has 0 atom stereocenters. The molecule has 0 aliphatic heterocycles. The molecular formula is C19H13N5OS. The van der Waals surface area contributed by atoms with Gasteiger partial charge >= 0.3 is 0 Å². The summed E-state index contributed by atoms with van der Waals surface area (Å²) in [5.74, 6) is 0.784. The first-order valence-electron chi connectivity index (χ1n) is 7.58. The Morgan fingerprint density at radius 1 is 1.12 bits per heavy atom. The molecule has 0 unspecified atom stereocenters. The number of rotatable bonds is 5. The van der Waals surface area contributed by atoms with E-state index in [-0.39, 0.29) is 5.71 Å². The van der Waals surface area contributed by atoms with Crippen LogP contribution in [0.1, 0.15) is 0 Å². The number of hydrogen-bond acceptors (Lipinski definition) is 7. The number of nitrogens with zero attached hydrogens (tertiary/aromatic N) is 4. The monoisotopic (exact) mass is 359 g/mol. The van der Waals surface area contributed by atoms with Crippen LogP contribution in [0.5, 0.6) is 5.75 Å². The third kappa shape index (κ3) is 3.86. The van der Waals surface area contributed by atoms with Gasteiger partial charge in [-0.25, -0.2) is 4.98 Å². The molecule has 0 radical (unpaired) electrons. The number of benzene rings is 2. The van der Waals surface area contributed by atoms with Gasteiger partial charge in [0, 0.05) is 16.5 Å². The molecular weight excluding hydrogens is 346 g/mol. The van der Waals surface area contributed by atoms with Gasteiger partial charge in [0.15, 0.2) is 0 Å². The highest BCUT2D eigenvalue weighted by Crippen LogP contribution is 2.31. The number of aromatic nitrogens is 1. The Balaban J connectivity index is 1.86. The van der Waals surface area contributed by atoms with E-state index in [9.17, 15) is 0 Å². The molecule has 126 valence electrons. The minimum atomic E-state index is -0.232. The average molecular weight is 359 g/mol. The molecule has 3 rings (SSSR count). The van der Waals surface area contributed by atoms with Crippen LogP contribution in [0.25, 0.3) is 21.8 Å². The second-order valence-corrected chi connectivity index (χ2v) is 6.00. The molecule has 2 aromatic carbocycles. The standard InChI is InChI=1S/C19H13N5OS/c1-25-17-7-3-4-13(9-17)18-12-26-19(22-18)14-5-2-6-15(8-14)23-24-16(10-20)11-21/h2-9,12,23H,1H3. The molecule has 7 heteroatoms. The summed E-state index contributed by atoms with van der Waals surface area (Å²) in [4.78, 5) is 4.69. The van der Waals surface area contributed by atoms with Crippen molar-refractivity contribution in [3.63, 3.8) is 0 Å². The van der Waals surface area contributed by atoms with Crippen molar-refractivity contribution in [2.24, 2.45) is 5.10 Å². The van der Waals surface area contributed by atoms with Crippen LogP contribution in [0.15, 0.2) is 59.0 Å². The fourth-order valence-electron chi connectivity index (χ4n) is 2.24. The van der Waals surface area contributed by atoms with E-state index in [1.165, 1.54) is 11.3 Å². The third-order valence-electron chi connectivity index (χ3n) is 3.49. The molecule has 0 aliphatic rings. The van der Waals surface area contributed by atoms with E-state index in [1.54, 1.807) is 25.3 Å². The van der Waals surface area contributed by atoms with Crippen molar-refractivity contribution in [3.05, 3.63) is 53.9 Å². The summed E-state index contributed by atoms with van der Waals surface area (Å²) in [7, 11) is 1.64. The van der Waals surface area contributed by atoms with Gasteiger partial charge in [-0.1, -0.05) is 24.3 Å². The van der Waals surface area contributed by atoms with Gasteiger partial charge in [-0.15, -0.1) is 11.3 Å². The molecule has 1 heterocycles. The molecule has 0 bridgehead atoms. The predicted octanol–water partition coefficient (Wildman–Crippen LogP) is 4.30. The zero-order chi connectivity index (χ0) is 18.4. The van der Waals surface area contributed by atoms with E-state index < -0.39 is 0 Å². The smallest absolute Gasteiger partial charge is 0.237 e. The Hall–Kier alpha value is -3.68. The van der Waals surface area contributed by atoms with Crippen LogP contribution >= 0.6 is 11.3 Å².